The van der Waals surface area contributed by atoms with Gasteiger partial charge < -0.3 is 10.3 Å². The summed E-state index contributed by atoms with van der Waals surface area (Å²) in [6, 6.07) is 6.02. The highest BCUT2D eigenvalue weighted by Crippen LogP contribution is 2.18. The zero-order valence-corrected chi connectivity index (χ0v) is 13.6. The first-order valence-electron chi connectivity index (χ1n) is 7.91. The molecule has 0 saturated carbocycles. The molecule has 0 unspecified atom stereocenters. The number of aromatic amines is 1. The van der Waals surface area contributed by atoms with E-state index in [4.69, 9.17) is 0 Å². The van der Waals surface area contributed by atoms with Crippen molar-refractivity contribution in [1.82, 2.24) is 10.3 Å². The molecule has 0 aliphatic heterocycles. The molecule has 0 aliphatic carbocycles. The molecule has 0 atom stereocenters. The van der Waals surface area contributed by atoms with Crippen LogP contribution in [0.5, 0.6) is 0 Å². The number of nitrogens with one attached hydrogen (secondary N) is 2. The highest BCUT2D eigenvalue weighted by atomic mass is 16.1. The van der Waals surface area contributed by atoms with Crippen molar-refractivity contribution in [2.75, 3.05) is 6.54 Å². The van der Waals surface area contributed by atoms with Gasteiger partial charge in [-0.1, -0.05) is 25.5 Å². The van der Waals surface area contributed by atoms with E-state index >= 15 is 0 Å². The fourth-order valence-electron chi connectivity index (χ4n) is 2.52. The van der Waals surface area contributed by atoms with Gasteiger partial charge in [0.25, 0.3) is 5.56 Å². The van der Waals surface area contributed by atoms with Crippen molar-refractivity contribution in [3.63, 3.8) is 0 Å². The van der Waals surface area contributed by atoms with Crippen LogP contribution in [-0.2, 0) is 11.2 Å². The van der Waals surface area contributed by atoms with Crippen molar-refractivity contribution < 1.29 is 4.79 Å². The summed E-state index contributed by atoms with van der Waals surface area (Å²) in [4.78, 5) is 26.7. The quantitative estimate of drug-likeness (QED) is 0.861. The Kier molecular flexibility index (Phi) is 5.36. The van der Waals surface area contributed by atoms with E-state index < -0.39 is 0 Å². The van der Waals surface area contributed by atoms with Gasteiger partial charge in [0.2, 0.25) is 5.91 Å². The summed E-state index contributed by atoms with van der Waals surface area (Å²) < 4.78 is 0. The van der Waals surface area contributed by atoms with Crippen molar-refractivity contribution in [1.29, 1.82) is 0 Å². The molecule has 2 rings (SSSR count). The molecule has 0 saturated heterocycles. The first-order chi connectivity index (χ1) is 10.5. The number of unbranched alkanes of at least 4 members (excludes halogenated alkanes) is 1. The van der Waals surface area contributed by atoms with Crippen LogP contribution in [0.3, 0.4) is 0 Å². The number of benzene rings is 1. The van der Waals surface area contributed by atoms with Crippen LogP contribution in [0.15, 0.2) is 23.0 Å². The Morgan fingerprint density at radius 1 is 1.27 bits per heavy atom. The lowest BCUT2D eigenvalue weighted by Crippen LogP contribution is -2.27. The Balaban J connectivity index is 2.09. The van der Waals surface area contributed by atoms with Gasteiger partial charge in [0, 0.05) is 18.5 Å². The average Bonchev–Trinajstić information content (AvgIpc) is 2.50. The molecule has 118 valence electrons. The van der Waals surface area contributed by atoms with Crippen molar-refractivity contribution in [3.05, 3.63) is 45.2 Å². The second kappa shape index (κ2) is 7.25. The largest absolute Gasteiger partial charge is 0.356 e. The molecule has 2 aromatic rings. The maximum Gasteiger partial charge on any atom is 0.251 e. The Labute approximate surface area is 130 Å². The van der Waals surface area contributed by atoms with Gasteiger partial charge in [-0.05, 0) is 49.3 Å². The van der Waals surface area contributed by atoms with E-state index in [2.05, 4.69) is 23.3 Å². The Bertz CT molecular complexity index is 732. The monoisotopic (exact) mass is 300 g/mol. The van der Waals surface area contributed by atoms with Gasteiger partial charge in [-0.2, -0.15) is 0 Å². The Hall–Kier alpha value is -2.10. The highest BCUT2D eigenvalue weighted by Gasteiger charge is 2.07. The molecule has 1 aromatic heterocycles. The third-order valence-corrected chi connectivity index (χ3v) is 4.10. The molecule has 1 heterocycles. The van der Waals surface area contributed by atoms with Gasteiger partial charge in [-0.3, -0.25) is 9.59 Å². The summed E-state index contributed by atoms with van der Waals surface area (Å²) in [7, 11) is 0. The number of amides is 1. The normalized spacial score (nSPS) is 10.9. The van der Waals surface area contributed by atoms with Crippen molar-refractivity contribution >= 4 is 16.8 Å². The minimum Gasteiger partial charge on any atom is -0.356 e. The van der Waals surface area contributed by atoms with Crippen LogP contribution >= 0.6 is 0 Å². The van der Waals surface area contributed by atoms with E-state index in [0.717, 1.165) is 29.3 Å². The maximum atomic E-state index is 12.2. The molecule has 4 nitrogen and oxygen atoms in total. The molecule has 2 N–H and O–H groups in total. The second-order valence-electron chi connectivity index (χ2n) is 5.80. The number of aryl methyl sites for hydroxylation is 2. The molecule has 4 heteroatoms. The van der Waals surface area contributed by atoms with Crippen molar-refractivity contribution in [3.8, 4) is 0 Å². The van der Waals surface area contributed by atoms with Crippen LogP contribution < -0.4 is 10.9 Å². The summed E-state index contributed by atoms with van der Waals surface area (Å²) in [5.41, 5.74) is 3.82. The number of carbonyl (C=O) groups is 1. The summed E-state index contributed by atoms with van der Waals surface area (Å²) in [6.45, 7) is 6.61. The number of fused-ring (bicyclic) bond motifs is 1. The highest BCUT2D eigenvalue weighted by molar-refractivity contribution is 5.83. The first-order valence-corrected chi connectivity index (χ1v) is 7.91. The number of hydrogen-bond donors (Lipinski definition) is 2. The van der Waals surface area contributed by atoms with Gasteiger partial charge in [0.1, 0.15) is 0 Å². The lowest BCUT2D eigenvalue weighted by Gasteiger charge is -2.08. The predicted molar refractivity (Wildman–Crippen MR) is 90.3 cm³/mol. The molecular weight excluding hydrogens is 276 g/mol. The SMILES string of the molecule is CCCCC(=O)NCCc1cc2ccc(C)c(C)c2[nH]c1=O. The number of H-pyrrole nitrogens is 1. The number of carbonyl (C=O) groups excluding carboxylic acids is 1. The zero-order chi connectivity index (χ0) is 16.1. The van der Waals surface area contributed by atoms with E-state index in [-0.39, 0.29) is 11.5 Å². The molecule has 0 aliphatic rings. The number of aromatic nitrogens is 1. The molecule has 22 heavy (non-hydrogen) atoms. The Morgan fingerprint density at radius 2 is 2.05 bits per heavy atom. The molecule has 0 fully saturated rings. The predicted octanol–water partition coefficient (Wildman–Crippen LogP) is 2.99. The van der Waals surface area contributed by atoms with Crippen LogP contribution in [0.1, 0.15) is 42.9 Å². The van der Waals surface area contributed by atoms with E-state index in [1.165, 1.54) is 5.56 Å². The Morgan fingerprint density at radius 3 is 2.77 bits per heavy atom. The van der Waals surface area contributed by atoms with Crippen LogP contribution in [-0.4, -0.2) is 17.4 Å². The lowest BCUT2D eigenvalue weighted by molar-refractivity contribution is -0.121. The van der Waals surface area contributed by atoms with E-state index in [1.54, 1.807) is 0 Å². The zero-order valence-electron chi connectivity index (χ0n) is 13.6. The second-order valence-corrected chi connectivity index (χ2v) is 5.80. The van der Waals surface area contributed by atoms with Crippen LogP contribution in [0.25, 0.3) is 10.9 Å². The van der Waals surface area contributed by atoms with Crippen LogP contribution in [0.2, 0.25) is 0 Å². The minimum atomic E-state index is -0.0657. The molecule has 0 bridgehead atoms. The first kappa shape index (κ1) is 16.3. The van der Waals surface area contributed by atoms with Crippen LogP contribution in [0, 0.1) is 13.8 Å². The fourth-order valence-corrected chi connectivity index (χ4v) is 2.52. The fraction of sp³-hybridized carbons (Fsp3) is 0.444. The lowest BCUT2D eigenvalue weighted by atomic mass is 10.0. The number of pyridine rings is 1. The van der Waals surface area contributed by atoms with E-state index in [1.807, 2.05) is 26.0 Å². The third-order valence-electron chi connectivity index (χ3n) is 4.10. The van der Waals surface area contributed by atoms with E-state index in [0.29, 0.717) is 24.9 Å². The number of rotatable bonds is 6. The average molecular weight is 300 g/mol. The standard InChI is InChI=1S/C18H24N2O2/c1-4-5-6-16(21)19-10-9-15-11-14-8-7-12(2)13(3)17(14)20-18(15)22/h7-8,11H,4-6,9-10H2,1-3H3,(H,19,21)(H,20,22). The molecule has 1 aromatic carbocycles. The molecule has 1 amide bonds. The van der Waals surface area contributed by atoms with Gasteiger partial charge in [-0.25, -0.2) is 0 Å². The van der Waals surface area contributed by atoms with Gasteiger partial charge in [0.15, 0.2) is 0 Å². The molecule has 0 radical (unpaired) electrons. The summed E-state index contributed by atoms with van der Waals surface area (Å²) in [6.07, 6.45) is 3.02. The molecule has 0 spiro atoms. The number of hydrogen-bond acceptors (Lipinski definition) is 2. The third kappa shape index (κ3) is 3.75. The minimum absolute atomic E-state index is 0.0607. The summed E-state index contributed by atoms with van der Waals surface area (Å²) in [5, 5.41) is 3.91. The van der Waals surface area contributed by atoms with Crippen molar-refractivity contribution in [2.24, 2.45) is 0 Å². The smallest absolute Gasteiger partial charge is 0.251 e. The van der Waals surface area contributed by atoms with E-state index in [9.17, 15) is 9.59 Å². The van der Waals surface area contributed by atoms with Gasteiger partial charge in [-0.15, -0.1) is 0 Å². The van der Waals surface area contributed by atoms with Crippen LogP contribution in [0.4, 0.5) is 0 Å². The van der Waals surface area contributed by atoms with Crippen molar-refractivity contribution in [2.45, 2.75) is 46.5 Å². The molecular formula is C18H24N2O2. The summed E-state index contributed by atoms with van der Waals surface area (Å²) >= 11 is 0. The van der Waals surface area contributed by atoms with Gasteiger partial charge >= 0.3 is 0 Å². The van der Waals surface area contributed by atoms with Gasteiger partial charge in [0.05, 0.1) is 5.52 Å². The maximum absolute atomic E-state index is 12.2. The summed E-state index contributed by atoms with van der Waals surface area (Å²) in [5.74, 6) is 0.0607. The topological polar surface area (TPSA) is 62.0 Å².